The predicted octanol–water partition coefficient (Wildman–Crippen LogP) is 4.19. The van der Waals surface area contributed by atoms with Gasteiger partial charge in [0, 0.05) is 31.1 Å². The normalized spacial score (nSPS) is 18.0. The first-order valence-corrected chi connectivity index (χ1v) is 10.1. The molecule has 2 saturated heterocycles. The molecule has 5 nitrogen and oxygen atoms in total. The van der Waals surface area contributed by atoms with E-state index in [1.165, 1.54) is 5.56 Å². The monoisotopic (exact) mass is 398 g/mol. The number of benzene rings is 2. The Bertz CT molecular complexity index is 889. The number of hydrogen-bond donors (Lipinski definition) is 1. The highest BCUT2D eigenvalue weighted by Gasteiger charge is 2.30. The van der Waals surface area contributed by atoms with Gasteiger partial charge < -0.3 is 14.9 Å². The summed E-state index contributed by atoms with van der Waals surface area (Å²) in [6, 6.07) is 12.5. The van der Waals surface area contributed by atoms with E-state index in [0.717, 1.165) is 19.3 Å². The highest BCUT2D eigenvalue weighted by atomic mass is 35.5. The molecule has 2 heterocycles. The lowest BCUT2D eigenvalue weighted by molar-refractivity contribution is -0.117. The van der Waals surface area contributed by atoms with Crippen molar-refractivity contribution in [3.63, 3.8) is 0 Å². The highest BCUT2D eigenvalue weighted by molar-refractivity contribution is 6.31. The topological polar surface area (TPSA) is 60.9 Å². The van der Waals surface area contributed by atoms with Crippen LogP contribution >= 0.6 is 11.6 Å². The Labute approximate surface area is 169 Å². The smallest absolute Gasteiger partial charge is 0.255 e. The predicted molar refractivity (Wildman–Crippen MR) is 109 cm³/mol. The first kappa shape index (κ1) is 18.8. The minimum absolute atomic E-state index is 0.0438. The molecule has 0 unspecified atom stereocenters. The fourth-order valence-electron chi connectivity index (χ4n) is 4.14. The van der Waals surface area contributed by atoms with Crippen molar-refractivity contribution < 1.29 is 14.7 Å². The second-order valence-corrected chi connectivity index (χ2v) is 7.90. The molecule has 2 fully saturated rings. The molecule has 2 aliphatic rings. The van der Waals surface area contributed by atoms with Gasteiger partial charge in [-0.05, 0) is 61.1 Å². The van der Waals surface area contributed by atoms with E-state index in [0.29, 0.717) is 48.2 Å². The molecule has 0 spiro atoms. The third-order valence-corrected chi connectivity index (χ3v) is 5.94. The molecule has 2 aromatic rings. The fourth-order valence-corrected chi connectivity index (χ4v) is 4.31. The number of halogens is 1. The van der Waals surface area contributed by atoms with Gasteiger partial charge >= 0.3 is 0 Å². The van der Waals surface area contributed by atoms with E-state index in [1.807, 2.05) is 17.0 Å². The second kappa shape index (κ2) is 7.84. The maximum atomic E-state index is 13.2. The van der Waals surface area contributed by atoms with E-state index in [9.17, 15) is 14.7 Å². The summed E-state index contributed by atoms with van der Waals surface area (Å²) in [5, 5.41) is 9.99. The lowest BCUT2D eigenvalue weighted by atomic mass is 9.89. The van der Waals surface area contributed by atoms with E-state index in [-0.39, 0.29) is 17.6 Å². The second-order valence-electron chi connectivity index (χ2n) is 7.47. The molecule has 2 amide bonds. The molecule has 0 atom stereocenters. The Kier molecular flexibility index (Phi) is 5.27. The van der Waals surface area contributed by atoms with Gasteiger partial charge in [0.1, 0.15) is 5.75 Å². The molecule has 0 radical (unpaired) electrons. The van der Waals surface area contributed by atoms with Crippen LogP contribution in [0.2, 0.25) is 5.02 Å². The maximum absolute atomic E-state index is 13.2. The van der Waals surface area contributed by atoms with Crippen LogP contribution in [0.25, 0.3) is 0 Å². The van der Waals surface area contributed by atoms with Crippen molar-refractivity contribution in [2.24, 2.45) is 0 Å². The van der Waals surface area contributed by atoms with Crippen molar-refractivity contribution in [3.8, 4) is 5.75 Å². The summed E-state index contributed by atoms with van der Waals surface area (Å²) in [4.78, 5) is 28.9. The number of phenolic OH excluding ortho intramolecular Hbond substituents is 1. The summed E-state index contributed by atoms with van der Waals surface area (Å²) in [6.07, 6.45) is 3.07. The van der Waals surface area contributed by atoms with Gasteiger partial charge in [-0.25, -0.2) is 0 Å². The average Bonchev–Trinajstić information content (AvgIpc) is 3.14. The maximum Gasteiger partial charge on any atom is 0.255 e. The minimum Gasteiger partial charge on any atom is -0.508 e. The number of anilines is 1. The number of carbonyl (C=O) groups excluding carboxylic acids is 2. The summed E-state index contributed by atoms with van der Waals surface area (Å²) >= 11 is 6.15. The number of nitrogens with zero attached hydrogens (tertiary/aromatic N) is 2. The number of likely N-dealkylation sites (tertiary alicyclic amines) is 1. The van der Waals surface area contributed by atoms with Crippen LogP contribution in [0.4, 0.5) is 5.69 Å². The molecule has 28 heavy (non-hydrogen) atoms. The van der Waals surface area contributed by atoms with Gasteiger partial charge in [0.15, 0.2) is 0 Å². The van der Waals surface area contributed by atoms with Gasteiger partial charge in [-0.2, -0.15) is 0 Å². The van der Waals surface area contributed by atoms with Crippen LogP contribution in [-0.2, 0) is 4.79 Å². The van der Waals surface area contributed by atoms with Crippen LogP contribution in [-0.4, -0.2) is 41.5 Å². The first-order chi connectivity index (χ1) is 13.5. The van der Waals surface area contributed by atoms with Crippen molar-refractivity contribution in [1.29, 1.82) is 0 Å². The van der Waals surface area contributed by atoms with Gasteiger partial charge in [0.25, 0.3) is 5.91 Å². The summed E-state index contributed by atoms with van der Waals surface area (Å²) < 4.78 is 0. The molecule has 0 aromatic heterocycles. The summed E-state index contributed by atoms with van der Waals surface area (Å²) in [5.41, 5.74) is 2.36. The lowest BCUT2D eigenvalue weighted by Crippen LogP contribution is -2.39. The van der Waals surface area contributed by atoms with Crippen molar-refractivity contribution in [2.75, 3.05) is 24.5 Å². The fraction of sp³-hybridized carbons (Fsp3) is 0.364. The Morgan fingerprint density at radius 1 is 1.04 bits per heavy atom. The minimum atomic E-state index is -0.0458. The molecular weight excluding hydrogens is 376 g/mol. The van der Waals surface area contributed by atoms with Crippen LogP contribution < -0.4 is 4.90 Å². The zero-order valence-corrected chi connectivity index (χ0v) is 16.4. The number of phenols is 1. The molecule has 4 rings (SSSR count). The van der Waals surface area contributed by atoms with Gasteiger partial charge in [-0.3, -0.25) is 9.59 Å². The molecule has 2 aliphatic heterocycles. The number of rotatable bonds is 3. The van der Waals surface area contributed by atoms with Crippen molar-refractivity contribution >= 4 is 29.1 Å². The van der Waals surface area contributed by atoms with E-state index in [4.69, 9.17) is 11.6 Å². The summed E-state index contributed by atoms with van der Waals surface area (Å²) in [7, 11) is 0. The third-order valence-electron chi connectivity index (χ3n) is 5.70. The summed E-state index contributed by atoms with van der Waals surface area (Å²) in [5.74, 6) is 0.649. The van der Waals surface area contributed by atoms with Gasteiger partial charge in [0.2, 0.25) is 5.91 Å². The Morgan fingerprint density at radius 3 is 2.39 bits per heavy atom. The van der Waals surface area contributed by atoms with Crippen LogP contribution in [0, 0.1) is 0 Å². The molecule has 1 N–H and O–H groups in total. The van der Waals surface area contributed by atoms with Crippen LogP contribution in [0.3, 0.4) is 0 Å². The number of hydrogen-bond acceptors (Lipinski definition) is 3. The SMILES string of the molecule is O=C(c1ccc(Cl)cc1N1CCCC1=O)N1CCC(c2ccc(O)cc2)CC1. The molecule has 0 bridgehead atoms. The average molecular weight is 399 g/mol. The van der Waals surface area contributed by atoms with Crippen molar-refractivity contribution in [2.45, 2.75) is 31.6 Å². The molecule has 2 aromatic carbocycles. The summed E-state index contributed by atoms with van der Waals surface area (Å²) in [6.45, 7) is 1.96. The van der Waals surface area contributed by atoms with E-state index >= 15 is 0 Å². The lowest BCUT2D eigenvalue weighted by Gasteiger charge is -2.33. The largest absolute Gasteiger partial charge is 0.508 e. The van der Waals surface area contributed by atoms with Gasteiger partial charge in [0.05, 0.1) is 11.3 Å². The molecule has 6 heteroatoms. The van der Waals surface area contributed by atoms with Crippen LogP contribution in [0.5, 0.6) is 5.75 Å². The van der Waals surface area contributed by atoms with Gasteiger partial charge in [-0.15, -0.1) is 0 Å². The Morgan fingerprint density at radius 2 is 1.75 bits per heavy atom. The molecule has 0 saturated carbocycles. The first-order valence-electron chi connectivity index (χ1n) is 9.71. The van der Waals surface area contributed by atoms with Crippen LogP contribution in [0.1, 0.15) is 47.5 Å². The zero-order valence-electron chi connectivity index (χ0n) is 15.6. The molecular formula is C22H23ClN2O3. The van der Waals surface area contributed by atoms with Gasteiger partial charge in [-0.1, -0.05) is 23.7 Å². The standard InChI is InChI=1S/C22H23ClN2O3/c23-17-5-8-19(20(14-17)25-11-1-2-21(25)27)22(28)24-12-9-16(10-13-24)15-3-6-18(26)7-4-15/h3-8,14,16,26H,1-2,9-13H2. The zero-order chi connectivity index (χ0) is 19.7. The number of amides is 2. The number of piperidine rings is 1. The third kappa shape index (κ3) is 3.72. The Balaban J connectivity index is 1.50. The Hall–Kier alpha value is -2.53. The van der Waals surface area contributed by atoms with E-state index < -0.39 is 0 Å². The number of carbonyl (C=O) groups is 2. The van der Waals surface area contributed by atoms with Crippen molar-refractivity contribution in [3.05, 3.63) is 58.6 Å². The molecule has 0 aliphatic carbocycles. The number of aromatic hydroxyl groups is 1. The molecule has 146 valence electrons. The quantitative estimate of drug-likeness (QED) is 0.843. The van der Waals surface area contributed by atoms with Crippen LogP contribution in [0.15, 0.2) is 42.5 Å². The van der Waals surface area contributed by atoms with E-state index in [2.05, 4.69) is 0 Å². The van der Waals surface area contributed by atoms with Crippen molar-refractivity contribution in [1.82, 2.24) is 4.90 Å². The van der Waals surface area contributed by atoms with E-state index in [1.54, 1.807) is 35.2 Å². The highest BCUT2D eigenvalue weighted by Crippen LogP contribution is 2.33.